The van der Waals surface area contributed by atoms with Crippen LogP contribution in [0.3, 0.4) is 0 Å². The third-order valence-electron chi connectivity index (χ3n) is 3.73. The van der Waals surface area contributed by atoms with Gasteiger partial charge in [-0.1, -0.05) is 22.4 Å². The van der Waals surface area contributed by atoms with Crippen molar-refractivity contribution < 1.29 is 0 Å². The van der Waals surface area contributed by atoms with E-state index in [2.05, 4.69) is 37.8 Å². The molecule has 0 radical (unpaired) electrons. The van der Waals surface area contributed by atoms with Gasteiger partial charge in [-0.05, 0) is 37.3 Å². The molecule has 1 fully saturated rings. The molecule has 0 bridgehead atoms. The molecule has 3 nitrogen and oxygen atoms in total. The first-order valence-electron chi connectivity index (χ1n) is 6.16. The molecule has 2 N–H and O–H groups in total. The van der Waals surface area contributed by atoms with Gasteiger partial charge in [0.2, 0.25) is 5.95 Å². The number of thioether (sulfide) groups is 1. The van der Waals surface area contributed by atoms with Crippen molar-refractivity contribution in [2.45, 2.75) is 30.6 Å². The average Bonchev–Trinajstić information content (AvgIpc) is 2.91. The van der Waals surface area contributed by atoms with Crippen molar-refractivity contribution >= 4 is 44.7 Å². The highest BCUT2D eigenvalue weighted by Crippen LogP contribution is 2.40. The Labute approximate surface area is 119 Å². The second kappa shape index (κ2) is 4.78. The SMILES string of the molecule is CSC1CCCC1n1c(N)nc2ccc(Br)cc21. The zero-order valence-corrected chi connectivity index (χ0v) is 12.7. The van der Waals surface area contributed by atoms with E-state index in [1.165, 1.54) is 19.3 Å². The van der Waals surface area contributed by atoms with Crippen molar-refractivity contribution in [2.24, 2.45) is 0 Å². The third-order valence-corrected chi connectivity index (χ3v) is 5.38. The number of anilines is 1. The summed E-state index contributed by atoms with van der Waals surface area (Å²) in [6.45, 7) is 0. The number of rotatable bonds is 2. The molecular weight excluding hydrogens is 310 g/mol. The van der Waals surface area contributed by atoms with Crippen LogP contribution in [-0.4, -0.2) is 21.1 Å². The Balaban J connectivity index is 2.15. The molecule has 0 amide bonds. The number of hydrogen-bond donors (Lipinski definition) is 1. The standard InChI is InChI=1S/C13H16BrN3S/c1-18-12-4-2-3-10(12)17-11-7-8(14)5-6-9(11)16-13(17)15/h5-7,10,12H,2-4H2,1H3,(H2,15,16). The first-order chi connectivity index (χ1) is 8.70. The minimum absolute atomic E-state index is 0.485. The van der Waals surface area contributed by atoms with E-state index in [1.807, 2.05) is 23.9 Å². The van der Waals surface area contributed by atoms with E-state index in [4.69, 9.17) is 5.73 Å². The second-order valence-corrected chi connectivity index (χ2v) is 6.74. The summed E-state index contributed by atoms with van der Waals surface area (Å²) in [7, 11) is 0. The molecule has 18 heavy (non-hydrogen) atoms. The van der Waals surface area contributed by atoms with Gasteiger partial charge in [0.15, 0.2) is 0 Å². The monoisotopic (exact) mass is 325 g/mol. The number of fused-ring (bicyclic) bond motifs is 1. The van der Waals surface area contributed by atoms with Crippen LogP contribution in [0.1, 0.15) is 25.3 Å². The molecule has 1 aromatic carbocycles. The van der Waals surface area contributed by atoms with Gasteiger partial charge in [0.05, 0.1) is 11.0 Å². The number of nitrogen functional groups attached to an aromatic ring is 1. The predicted octanol–water partition coefficient (Wildman–Crippen LogP) is 3.84. The van der Waals surface area contributed by atoms with Crippen LogP contribution in [-0.2, 0) is 0 Å². The Morgan fingerprint density at radius 2 is 2.28 bits per heavy atom. The number of halogens is 1. The molecule has 1 saturated carbocycles. The number of nitrogens with two attached hydrogens (primary N) is 1. The summed E-state index contributed by atoms with van der Waals surface area (Å²) in [4.78, 5) is 4.48. The fourth-order valence-electron chi connectivity index (χ4n) is 2.91. The Morgan fingerprint density at radius 3 is 3.06 bits per heavy atom. The van der Waals surface area contributed by atoms with Crippen LogP contribution in [0.4, 0.5) is 5.95 Å². The molecule has 1 aliphatic carbocycles. The van der Waals surface area contributed by atoms with Crippen LogP contribution in [0, 0.1) is 0 Å². The van der Waals surface area contributed by atoms with Gasteiger partial charge in [0, 0.05) is 15.8 Å². The summed E-state index contributed by atoms with van der Waals surface area (Å²) in [5.74, 6) is 0.647. The zero-order chi connectivity index (χ0) is 12.7. The summed E-state index contributed by atoms with van der Waals surface area (Å²) >= 11 is 5.47. The van der Waals surface area contributed by atoms with Crippen molar-refractivity contribution in [2.75, 3.05) is 12.0 Å². The van der Waals surface area contributed by atoms with Gasteiger partial charge < -0.3 is 10.3 Å². The van der Waals surface area contributed by atoms with Crippen molar-refractivity contribution in [3.63, 3.8) is 0 Å². The Kier molecular flexibility index (Phi) is 3.28. The number of imidazole rings is 1. The van der Waals surface area contributed by atoms with Gasteiger partial charge in [-0.15, -0.1) is 0 Å². The number of aromatic nitrogens is 2. The van der Waals surface area contributed by atoms with E-state index in [0.717, 1.165) is 15.5 Å². The van der Waals surface area contributed by atoms with Crippen LogP contribution < -0.4 is 5.73 Å². The summed E-state index contributed by atoms with van der Waals surface area (Å²) < 4.78 is 3.31. The number of hydrogen-bond acceptors (Lipinski definition) is 3. The van der Waals surface area contributed by atoms with E-state index in [9.17, 15) is 0 Å². The Morgan fingerprint density at radius 1 is 1.44 bits per heavy atom. The van der Waals surface area contributed by atoms with E-state index >= 15 is 0 Å². The predicted molar refractivity (Wildman–Crippen MR) is 82.0 cm³/mol. The second-order valence-electron chi connectivity index (χ2n) is 4.75. The lowest BCUT2D eigenvalue weighted by atomic mass is 10.2. The molecule has 96 valence electrons. The van der Waals surface area contributed by atoms with Gasteiger partial charge >= 0.3 is 0 Å². The topological polar surface area (TPSA) is 43.8 Å². The molecule has 2 unspecified atom stereocenters. The fourth-order valence-corrected chi connectivity index (χ4v) is 4.23. The van der Waals surface area contributed by atoms with Crippen LogP contribution in [0.5, 0.6) is 0 Å². The summed E-state index contributed by atoms with van der Waals surface area (Å²) in [6, 6.07) is 6.64. The smallest absolute Gasteiger partial charge is 0.201 e. The number of nitrogens with zero attached hydrogens (tertiary/aromatic N) is 2. The quantitative estimate of drug-likeness (QED) is 0.912. The Hall–Kier alpha value is -0.680. The Bertz CT molecular complexity index is 581. The normalized spacial score (nSPS) is 23.9. The molecule has 2 aromatic rings. The molecule has 0 saturated heterocycles. The molecule has 2 atom stereocenters. The lowest BCUT2D eigenvalue weighted by molar-refractivity contribution is 0.549. The molecule has 1 aliphatic rings. The molecule has 0 spiro atoms. The highest BCUT2D eigenvalue weighted by molar-refractivity contribution is 9.10. The van der Waals surface area contributed by atoms with E-state index in [0.29, 0.717) is 17.2 Å². The molecule has 3 rings (SSSR count). The summed E-state index contributed by atoms with van der Waals surface area (Å²) in [6.07, 6.45) is 5.95. The van der Waals surface area contributed by atoms with E-state index in [-0.39, 0.29) is 0 Å². The molecule has 5 heteroatoms. The van der Waals surface area contributed by atoms with Crippen LogP contribution in [0.2, 0.25) is 0 Å². The first-order valence-corrected chi connectivity index (χ1v) is 8.24. The summed E-state index contributed by atoms with van der Waals surface area (Å²) in [5.41, 5.74) is 8.26. The molecule has 0 aliphatic heterocycles. The lowest BCUT2D eigenvalue weighted by Gasteiger charge is -2.21. The van der Waals surface area contributed by atoms with Gasteiger partial charge in [0.1, 0.15) is 0 Å². The van der Waals surface area contributed by atoms with Gasteiger partial charge in [-0.3, -0.25) is 0 Å². The maximum atomic E-state index is 6.13. The van der Waals surface area contributed by atoms with Gasteiger partial charge in [-0.25, -0.2) is 4.98 Å². The highest BCUT2D eigenvalue weighted by Gasteiger charge is 2.30. The third kappa shape index (κ3) is 1.93. The molecule has 1 heterocycles. The first kappa shape index (κ1) is 12.4. The largest absolute Gasteiger partial charge is 0.369 e. The van der Waals surface area contributed by atoms with Crippen molar-refractivity contribution in [3.8, 4) is 0 Å². The maximum absolute atomic E-state index is 6.13. The van der Waals surface area contributed by atoms with Crippen LogP contribution in [0.25, 0.3) is 11.0 Å². The van der Waals surface area contributed by atoms with E-state index in [1.54, 1.807) is 0 Å². The van der Waals surface area contributed by atoms with Gasteiger partial charge in [-0.2, -0.15) is 11.8 Å². The molecular formula is C13H16BrN3S. The fraction of sp³-hybridized carbons (Fsp3) is 0.462. The maximum Gasteiger partial charge on any atom is 0.201 e. The van der Waals surface area contributed by atoms with E-state index < -0.39 is 0 Å². The average molecular weight is 326 g/mol. The zero-order valence-electron chi connectivity index (χ0n) is 10.3. The van der Waals surface area contributed by atoms with Crippen molar-refractivity contribution in [1.29, 1.82) is 0 Å². The number of benzene rings is 1. The van der Waals surface area contributed by atoms with Gasteiger partial charge in [0.25, 0.3) is 0 Å². The van der Waals surface area contributed by atoms with Crippen molar-refractivity contribution in [1.82, 2.24) is 9.55 Å². The van der Waals surface area contributed by atoms with Crippen LogP contribution >= 0.6 is 27.7 Å². The minimum atomic E-state index is 0.485. The summed E-state index contributed by atoms with van der Waals surface area (Å²) in [5, 5.41) is 0.656. The lowest BCUT2D eigenvalue weighted by Crippen LogP contribution is -2.17. The highest BCUT2D eigenvalue weighted by atomic mass is 79.9. The minimum Gasteiger partial charge on any atom is -0.369 e. The molecule has 1 aromatic heterocycles. The van der Waals surface area contributed by atoms with Crippen LogP contribution in [0.15, 0.2) is 22.7 Å². The van der Waals surface area contributed by atoms with Crippen molar-refractivity contribution in [3.05, 3.63) is 22.7 Å².